The van der Waals surface area contributed by atoms with Crippen LogP contribution < -0.4 is 4.90 Å². The summed E-state index contributed by atoms with van der Waals surface area (Å²) in [5.74, 6) is -0.312. The summed E-state index contributed by atoms with van der Waals surface area (Å²) < 4.78 is 0. The fourth-order valence-corrected chi connectivity index (χ4v) is 4.21. The zero-order valence-electron chi connectivity index (χ0n) is 15.0. The molecule has 0 fully saturated rings. The molecule has 0 aliphatic heterocycles. The molecule has 0 aromatic carbocycles. The van der Waals surface area contributed by atoms with Gasteiger partial charge < -0.3 is 5.21 Å². The smallest absolute Gasteiger partial charge is 0.281 e. The van der Waals surface area contributed by atoms with Crippen molar-refractivity contribution in [3.05, 3.63) is 45.1 Å². The first-order chi connectivity index (χ1) is 13.1. The van der Waals surface area contributed by atoms with Crippen LogP contribution in [0.1, 0.15) is 44.9 Å². The van der Waals surface area contributed by atoms with E-state index in [0.717, 1.165) is 42.1 Å². The summed E-state index contributed by atoms with van der Waals surface area (Å²) in [4.78, 5) is 24.5. The molecule has 146 valence electrons. The Bertz CT molecular complexity index is 696. The largest absolute Gasteiger partial charge is 0.410 e. The number of unbranched alkanes of at least 4 members (excludes halogenated alkanes) is 5. The molecule has 7 nitrogen and oxygen atoms in total. The number of amides is 1. The molecular formula is C18H23N3O4S2. The van der Waals surface area contributed by atoms with Gasteiger partial charge in [-0.3, -0.25) is 19.8 Å². The Morgan fingerprint density at radius 2 is 1.59 bits per heavy atom. The van der Waals surface area contributed by atoms with Gasteiger partial charge in [0.25, 0.3) is 5.91 Å². The maximum atomic E-state index is 12.9. The second-order valence-corrected chi connectivity index (χ2v) is 7.87. The minimum Gasteiger partial charge on any atom is -0.410 e. The molecule has 2 rings (SSSR count). The maximum absolute atomic E-state index is 12.9. The highest BCUT2D eigenvalue weighted by Crippen LogP contribution is 2.33. The zero-order valence-corrected chi connectivity index (χ0v) is 16.6. The Morgan fingerprint density at radius 3 is 2.07 bits per heavy atom. The molecule has 1 amide bonds. The third-order valence-corrected chi connectivity index (χ3v) is 5.73. The molecule has 27 heavy (non-hydrogen) atoms. The molecule has 0 atom stereocenters. The van der Waals surface area contributed by atoms with Crippen LogP contribution in [-0.2, 0) is 4.79 Å². The van der Waals surface area contributed by atoms with Crippen molar-refractivity contribution in [2.75, 3.05) is 11.4 Å². The fraction of sp³-hybridized carbons (Fsp3) is 0.444. The van der Waals surface area contributed by atoms with Crippen LogP contribution >= 0.6 is 22.7 Å². The Hall–Kier alpha value is -2.26. The van der Waals surface area contributed by atoms with E-state index in [1.54, 1.807) is 4.90 Å². The summed E-state index contributed by atoms with van der Waals surface area (Å²) in [6.45, 7) is 0.0249. The van der Waals surface area contributed by atoms with Crippen LogP contribution in [0.4, 0.5) is 10.0 Å². The van der Waals surface area contributed by atoms with E-state index in [1.165, 1.54) is 22.7 Å². The summed E-state index contributed by atoms with van der Waals surface area (Å²) in [5.41, 5.74) is 0.144. The first kappa shape index (κ1) is 21.0. The van der Waals surface area contributed by atoms with Crippen molar-refractivity contribution < 1.29 is 14.9 Å². The lowest BCUT2D eigenvalue weighted by Crippen LogP contribution is -2.31. The molecule has 0 spiro atoms. The Labute approximate surface area is 166 Å². The predicted octanol–water partition coefficient (Wildman–Crippen LogP) is 5.31. The van der Waals surface area contributed by atoms with Crippen molar-refractivity contribution in [2.24, 2.45) is 5.16 Å². The molecule has 2 heterocycles. The average Bonchev–Trinajstić information content (AvgIpc) is 3.35. The number of oxime groups is 1. The lowest BCUT2D eigenvalue weighted by molar-refractivity contribution is -0.480. The Balaban J connectivity index is 1.83. The fourth-order valence-electron chi connectivity index (χ4n) is 2.67. The highest BCUT2D eigenvalue weighted by Gasteiger charge is 2.24. The number of nitrogens with zero attached hydrogens (tertiary/aromatic N) is 3. The molecule has 0 saturated heterocycles. The predicted molar refractivity (Wildman–Crippen MR) is 109 cm³/mol. The van der Waals surface area contributed by atoms with Crippen LogP contribution in [0.2, 0.25) is 0 Å². The molecule has 9 heteroatoms. The van der Waals surface area contributed by atoms with Gasteiger partial charge in [-0.25, -0.2) is 0 Å². The highest BCUT2D eigenvalue weighted by atomic mass is 32.1. The first-order valence-corrected chi connectivity index (χ1v) is 10.6. The van der Waals surface area contributed by atoms with Gasteiger partial charge in [0.15, 0.2) is 0 Å². The number of thiophene rings is 2. The normalized spacial score (nSPS) is 11.5. The van der Waals surface area contributed by atoms with E-state index < -0.39 is 0 Å². The van der Waals surface area contributed by atoms with Gasteiger partial charge in [-0.2, -0.15) is 0 Å². The van der Waals surface area contributed by atoms with Crippen LogP contribution in [0.5, 0.6) is 0 Å². The third-order valence-electron chi connectivity index (χ3n) is 4.03. The quantitative estimate of drug-likeness (QED) is 0.169. The second kappa shape index (κ2) is 11.5. The maximum Gasteiger partial charge on any atom is 0.281 e. The van der Waals surface area contributed by atoms with E-state index in [4.69, 9.17) is 0 Å². The number of hydrogen-bond donors (Lipinski definition) is 1. The second-order valence-electron chi connectivity index (χ2n) is 6.02. The van der Waals surface area contributed by atoms with Crippen LogP contribution in [-0.4, -0.2) is 28.3 Å². The Kier molecular flexibility index (Phi) is 8.93. The van der Waals surface area contributed by atoms with Crippen LogP contribution in [0.25, 0.3) is 0 Å². The number of nitro groups is 1. The minimum atomic E-state index is -0.312. The number of carbonyl (C=O) groups excluding carboxylic acids is 1. The molecule has 0 unspecified atom stereocenters. The van der Waals surface area contributed by atoms with Gasteiger partial charge in [0.1, 0.15) is 15.7 Å². The molecule has 0 saturated carbocycles. The highest BCUT2D eigenvalue weighted by molar-refractivity contribution is 7.17. The van der Waals surface area contributed by atoms with Gasteiger partial charge >= 0.3 is 0 Å². The lowest BCUT2D eigenvalue weighted by Gasteiger charge is -2.19. The molecule has 2 aromatic heterocycles. The van der Waals surface area contributed by atoms with E-state index in [-0.39, 0.29) is 23.1 Å². The summed E-state index contributed by atoms with van der Waals surface area (Å²) in [6.07, 6.45) is 5.36. The van der Waals surface area contributed by atoms with Crippen molar-refractivity contribution in [3.8, 4) is 0 Å². The first-order valence-electron chi connectivity index (χ1n) is 8.87. The summed E-state index contributed by atoms with van der Waals surface area (Å²) in [7, 11) is 0. The van der Waals surface area contributed by atoms with Crippen LogP contribution in [0.15, 0.2) is 40.2 Å². The van der Waals surface area contributed by atoms with Gasteiger partial charge in [0.05, 0.1) is 0 Å². The lowest BCUT2D eigenvalue weighted by atomic mass is 10.1. The summed E-state index contributed by atoms with van der Waals surface area (Å²) >= 11 is 2.91. The van der Waals surface area contributed by atoms with Crippen molar-refractivity contribution >= 4 is 44.3 Å². The van der Waals surface area contributed by atoms with E-state index in [2.05, 4.69) is 5.16 Å². The van der Waals surface area contributed by atoms with Crippen molar-refractivity contribution in [1.29, 1.82) is 0 Å². The number of anilines is 2. The molecule has 0 bridgehead atoms. The van der Waals surface area contributed by atoms with Crippen LogP contribution in [0.3, 0.4) is 0 Å². The minimum absolute atomic E-state index is 0.0249. The van der Waals surface area contributed by atoms with Gasteiger partial charge in [0, 0.05) is 11.3 Å². The topological polar surface area (TPSA) is 96.0 Å². The molecule has 0 radical (unpaired) electrons. The van der Waals surface area contributed by atoms with E-state index in [9.17, 15) is 20.1 Å². The van der Waals surface area contributed by atoms with E-state index >= 15 is 0 Å². The number of carbonyl (C=O) groups is 1. The molecule has 0 aliphatic rings. The number of hydrogen-bond acceptors (Lipinski definition) is 7. The summed E-state index contributed by atoms with van der Waals surface area (Å²) in [6, 6.07) is 7.48. The van der Waals surface area contributed by atoms with Gasteiger partial charge in [0.2, 0.25) is 6.54 Å². The van der Waals surface area contributed by atoms with Gasteiger partial charge in [-0.15, -0.1) is 22.7 Å². The van der Waals surface area contributed by atoms with Crippen molar-refractivity contribution in [2.45, 2.75) is 44.9 Å². The molecule has 1 N–H and O–H groups in total. The van der Waals surface area contributed by atoms with Crippen LogP contribution in [0, 0.1) is 10.1 Å². The monoisotopic (exact) mass is 409 g/mol. The molecular weight excluding hydrogens is 386 g/mol. The SMILES string of the molecule is O=C(C(CCCCCCCC[N+](=O)[O-])=NO)N(c1cccs1)c1cccs1. The van der Waals surface area contributed by atoms with Crippen molar-refractivity contribution in [3.63, 3.8) is 0 Å². The molecule has 0 aliphatic carbocycles. The standard InChI is InChI=1S/C18H23N3O4S2/c22-18(21(16-10-7-13-26-16)17-11-8-14-27-17)15(19-23)9-5-3-1-2-4-6-12-20(24)25/h7-8,10-11,13-14,23H,1-6,9,12H2. The zero-order chi connectivity index (χ0) is 19.5. The third kappa shape index (κ3) is 6.76. The number of rotatable bonds is 12. The van der Waals surface area contributed by atoms with Gasteiger partial charge in [-0.1, -0.05) is 24.4 Å². The molecule has 2 aromatic rings. The van der Waals surface area contributed by atoms with Gasteiger partial charge in [-0.05, 0) is 54.3 Å². The average molecular weight is 410 g/mol. The van der Waals surface area contributed by atoms with Crippen molar-refractivity contribution in [1.82, 2.24) is 0 Å². The van der Waals surface area contributed by atoms with E-state index in [0.29, 0.717) is 12.8 Å². The summed E-state index contributed by atoms with van der Waals surface area (Å²) in [5, 5.41) is 28.2. The Morgan fingerprint density at radius 1 is 1.04 bits per heavy atom. The van der Waals surface area contributed by atoms with E-state index in [1.807, 2.05) is 35.0 Å².